The van der Waals surface area contributed by atoms with Crippen LogP contribution in [0.1, 0.15) is 22.5 Å². The number of nitrogens with zero attached hydrogens (tertiary/aromatic N) is 3. The molecule has 1 atom stereocenters. The van der Waals surface area contributed by atoms with Crippen molar-refractivity contribution in [3.05, 3.63) is 23.5 Å². The molecule has 0 aliphatic carbocycles. The van der Waals surface area contributed by atoms with Crippen molar-refractivity contribution in [3.63, 3.8) is 0 Å². The predicted octanol–water partition coefficient (Wildman–Crippen LogP) is -0.0109. The number of aryl methyl sites for hydroxylation is 2. The van der Waals surface area contributed by atoms with Crippen LogP contribution in [0.25, 0.3) is 0 Å². The van der Waals surface area contributed by atoms with E-state index >= 15 is 0 Å². The van der Waals surface area contributed by atoms with Gasteiger partial charge in [0.15, 0.2) is 9.84 Å². The van der Waals surface area contributed by atoms with Gasteiger partial charge in [0.2, 0.25) is 0 Å². The largest absolute Gasteiger partial charge is 0.351 e. The number of carbonyl (C=O) groups excluding carboxylic acids is 1. The van der Waals surface area contributed by atoms with Crippen LogP contribution in [0.5, 0.6) is 0 Å². The fraction of sp³-hybridized carbons (Fsp3) is 0.667. The average molecular weight is 323 g/mol. The Bertz CT molecular complexity index is 688. The molecule has 0 saturated carbocycles. The van der Waals surface area contributed by atoms with E-state index in [-0.39, 0.29) is 23.5 Å². The molecule has 2 fully saturated rings. The number of piperazine rings is 1. The van der Waals surface area contributed by atoms with E-state index in [0.717, 1.165) is 31.5 Å². The molecule has 3 aliphatic heterocycles. The lowest BCUT2D eigenvalue weighted by Gasteiger charge is -2.43. The normalized spacial score (nSPS) is 27.5. The highest BCUT2D eigenvalue weighted by Crippen LogP contribution is 2.22. The minimum atomic E-state index is -2.95. The summed E-state index contributed by atoms with van der Waals surface area (Å²) in [5, 5.41) is 0. The number of rotatable bonds is 1. The maximum Gasteiger partial charge on any atom is 0.255 e. The minimum Gasteiger partial charge on any atom is -0.351 e. The molecule has 4 rings (SSSR count). The summed E-state index contributed by atoms with van der Waals surface area (Å²) in [7, 11) is -2.95. The number of carbonyl (C=O) groups is 1. The van der Waals surface area contributed by atoms with Gasteiger partial charge in [-0.3, -0.25) is 9.69 Å². The first-order valence-corrected chi connectivity index (χ1v) is 9.77. The molecule has 0 radical (unpaired) electrons. The summed E-state index contributed by atoms with van der Waals surface area (Å²) in [4.78, 5) is 16.7. The second-order valence-electron chi connectivity index (χ2n) is 6.57. The van der Waals surface area contributed by atoms with Crippen LogP contribution in [0.15, 0.2) is 12.3 Å². The van der Waals surface area contributed by atoms with Crippen molar-refractivity contribution in [2.75, 3.05) is 37.7 Å². The van der Waals surface area contributed by atoms with Crippen molar-refractivity contribution >= 4 is 15.7 Å². The summed E-state index contributed by atoms with van der Waals surface area (Å²) in [5.74, 6) is 0.483. The predicted molar refractivity (Wildman–Crippen MR) is 82.7 cm³/mol. The zero-order valence-electron chi connectivity index (χ0n) is 12.6. The molecule has 0 N–H and O–H groups in total. The van der Waals surface area contributed by atoms with E-state index in [4.69, 9.17) is 0 Å². The Morgan fingerprint density at radius 3 is 2.86 bits per heavy atom. The van der Waals surface area contributed by atoms with Crippen LogP contribution in [0.3, 0.4) is 0 Å². The summed E-state index contributed by atoms with van der Waals surface area (Å²) in [5.41, 5.74) is 1.99. The second kappa shape index (κ2) is 5.09. The summed E-state index contributed by atoms with van der Waals surface area (Å²) in [6.07, 6.45) is 4.15. The third-order valence-corrected chi connectivity index (χ3v) is 6.79. The molecule has 6 nitrogen and oxygen atoms in total. The molecule has 1 amide bonds. The Hall–Kier alpha value is -1.34. The highest BCUT2D eigenvalue weighted by Gasteiger charge is 2.37. The van der Waals surface area contributed by atoms with Gasteiger partial charge in [-0.05, 0) is 18.9 Å². The first-order valence-electron chi connectivity index (χ1n) is 7.95. The van der Waals surface area contributed by atoms with Gasteiger partial charge in [0, 0.05) is 50.7 Å². The maximum absolute atomic E-state index is 12.7. The first kappa shape index (κ1) is 14.3. The van der Waals surface area contributed by atoms with Gasteiger partial charge >= 0.3 is 0 Å². The Balaban J connectivity index is 1.49. The molecule has 1 unspecified atom stereocenters. The average Bonchev–Trinajstić information content (AvgIpc) is 3.06. The highest BCUT2D eigenvalue weighted by molar-refractivity contribution is 7.91. The van der Waals surface area contributed by atoms with E-state index in [1.54, 1.807) is 0 Å². The Kier molecular flexibility index (Phi) is 3.30. The molecule has 22 heavy (non-hydrogen) atoms. The van der Waals surface area contributed by atoms with Gasteiger partial charge in [0.1, 0.15) is 0 Å². The number of hydrogen-bond acceptors (Lipinski definition) is 4. The van der Waals surface area contributed by atoms with Crippen molar-refractivity contribution in [2.45, 2.75) is 25.4 Å². The SMILES string of the molecule is O=C(c1cc2n(c1)CCC2)N1CCN2CCS(=O)(=O)CC2C1. The summed E-state index contributed by atoms with van der Waals surface area (Å²) in [6, 6.07) is 1.96. The van der Waals surface area contributed by atoms with E-state index in [1.165, 1.54) is 5.69 Å². The Morgan fingerprint density at radius 2 is 2.05 bits per heavy atom. The number of fused-ring (bicyclic) bond motifs is 2. The lowest BCUT2D eigenvalue weighted by molar-refractivity contribution is 0.0521. The second-order valence-corrected chi connectivity index (χ2v) is 8.80. The highest BCUT2D eigenvalue weighted by atomic mass is 32.2. The molecule has 0 aromatic carbocycles. The molecular weight excluding hydrogens is 302 g/mol. The summed E-state index contributed by atoms with van der Waals surface area (Å²) < 4.78 is 25.8. The van der Waals surface area contributed by atoms with Gasteiger partial charge in [-0.1, -0.05) is 0 Å². The van der Waals surface area contributed by atoms with Crippen LogP contribution in [-0.2, 0) is 22.8 Å². The number of amides is 1. The molecule has 2 saturated heterocycles. The summed E-state index contributed by atoms with van der Waals surface area (Å²) >= 11 is 0. The van der Waals surface area contributed by atoms with Crippen LogP contribution in [0, 0.1) is 0 Å². The Morgan fingerprint density at radius 1 is 1.18 bits per heavy atom. The third kappa shape index (κ3) is 2.46. The van der Waals surface area contributed by atoms with E-state index in [9.17, 15) is 13.2 Å². The van der Waals surface area contributed by atoms with Crippen molar-refractivity contribution in [2.24, 2.45) is 0 Å². The van der Waals surface area contributed by atoms with Crippen LogP contribution in [0.2, 0.25) is 0 Å². The Labute approximate surface area is 130 Å². The standard InChI is InChI=1S/C15H21N3O3S/c19-15(12-8-13-2-1-3-17(13)9-12)18-5-4-16-6-7-22(20,21)11-14(16)10-18/h8-9,14H,1-7,10-11H2. The van der Waals surface area contributed by atoms with Crippen molar-refractivity contribution in [1.29, 1.82) is 0 Å². The molecule has 0 bridgehead atoms. The topological polar surface area (TPSA) is 62.6 Å². The van der Waals surface area contributed by atoms with Gasteiger partial charge in [-0.15, -0.1) is 0 Å². The monoisotopic (exact) mass is 323 g/mol. The molecule has 4 heterocycles. The van der Waals surface area contributed by atoms with E-state index < -0.39 is 9.84 Å². The minimum absolute atomic E-state index is 0.0362. The van der Waals surface area contributed by atoms with Crippen molar-refractivity contribution in [3.8, 4) is 0 Å². The number of hydrogen-bond donors (Lipinski definition) is 0. The van der Waals surface area contributed by atoms with Gasteiger partial charge < -0.3 is 9.47 Å². The number of aromatic nitrogens is 1. The molecule has 3 aliphatic rings. The molecular formula is C15H21N3O3S. The fourth-order valence-corrected chi connectivity index (χ4v) is 5.45. The van der Waals surface area contributed by atoms with E-state index in [0.29, 0.717) is 19.6 Å². The smallest absolute Gasteiger partial charge is 0.255 e. The molecule has 120 valence electrons. The van der Waals surface area contributed by atoms with Crippen LogP contribution >= 0.6 is 0 Å². The van der Waals surface area contributed by atoms with E-state index in [1.807, 2.05) is 17.2 Å². The number of sulfone groups is 1. The van der Waals surface area contributed by atoms with Gasteiger partial charge in [0.05, 0.1) is 17.1 Å². The van der Waals surface area contributed by atoms with Crippen molar-refractivity contribution < 1.29 is 13.2 Å². The molecule has 1 aromatic rings. The van der Waals surface area contributed by atoms with E-state index in [2.05, 4.69) is 9.47 Å². The van der Waals surface area contributed by atoms with Crippen LogP contribution < -0.4 is 0 Å². The zero-order chi connectivity index (χ0) is 15.3. The third-order valence-electron chi connectivity index (χ3n) is 5.09. The van der Waals surface area contributed by atoms with Crippen LogP contribution in [-0.4, -0.2) is 72.4 Å². The lowest BCUT2D eigenvalue weighted by Crippen LogP contribution is -2.60. The quantitative estimate of drug-likeness (QED) is 0.729. The first-order chi connectivity index (χ1) is 10.5. The molecule has 1 aromatic heterocycles. The summed E-state index contributed by atoms with van der Waals surface area (Å²) in [6.45, 7) is 3.60. The lowest BCUT2D eigenvalue weighted by atomic mass is 10.1. The molecule has 7 heteroatoms. The maximum atomic E-state index is 12.7. The van der Waals surface area contributed by atoms with Gasteiger partial charge in [-0.2, -0.15) is 0 Å². The van der Waals surface area contributed by atoms with Crippen LogP contribution in [0.4, 0.5) is 0 Å². The fourth-order valence-electron chi connectivity index (χ4n) is 3.87. The zero-order valence-corrected chi connectivity index (χ0v) is 13.4. The van der Waals surface area contributed by atoms with Gasteiger partial charge in [0.25, 0.3) is 5.91 Å². The van der Waals surface area contributed by atoms with Crippen molar-refractivity contribution in [1.82, 2.24) is 14.4 Å². The molecule has 0 spiro atoms. The van der Waals surface area contributed by atoms with Gasteiger partial charge in [-0.25, -0.2) is 8.42 Å².